The molecule has 1 aliphatic carbocycles. The van der Waals surface area contributed by atoms with Crippen LogP contribution in [0.1, 0.15) is 56.3 Å². The molecular formula is C18H26N2O. The number of hydrogen-bond acceptors (Lipinski definition) is 2. The highest BCUT2D eigenvalue weighted by Gasteiger charge is 2.41. The molecule has 114 valence electrons. The zero-order valence-corrected chi connectivity index (χ0v) is 13.1. The molecule has 0 aromatic heterocycles. The Labute approximate surface area is 127 Å². The van der Waals surface area contributed by atoms with Gasteiger partial charge in [-0.05, 0) is 43.2 Å². The van der Waals surface area contributed by atoms with Crippen molar-refractivity contribution in [2.45, 2.75) is 58.2 Å². The minimum atomic E-state index is 0.00769. The van der Waals surface area contributed by atoms with Crippen molar-refractivity contribution in [1.29, 1.82) is 0 Å². The highest BCUT2D eigenvalue weighted by Crippen LogP contribution is 2.36. The second-order valence-electron chi connectivity index (χ2n) is 6.55. The topological polar surface area (TPSA) is 32.3 Å². The summed E-state index contributed by atoms with van der Waals surface area (Å²) in [7, 11) is 0. The van der Waals surface area contributed by atoms with Gasteiger partial charge in [-0.3, -0.25) is 10.1 Å². The fraction of sp³-hybridized carbons (Fsp3) is 0.611. The van der Waals surface area contributed by atoms with E-state index in [9.17, 15) is 4.79 Å². The molecule has 3 heteroatoms. The van der Waals surface area contributed by atoms with E-state index in [1.807, 2.05) is 0 Å². The number of nitrogens with one attached hydrogen (secondary N) is 1. The summed E-state index contributed by atoms with van der Waals surface area (Å²) in [4.78, 5) is 14.8. The summed E-state index contributed by atoms with van der Waals surface area (Å²) >= 11 is 0. The van der Waals surface area contributed by atoms with Crippen molar-refractivity contribution in [1.82, 2.24) is 10.2 Å². The van der Waals surface area contributed by atoms with E-state index in [0.717, 1.165) is 31.7 Å². The van der Waals surface area contributed by atoms with E-state index >= 15 is 0 Å². The maximum absolute atomic E-state index is 12.7. The fourth-order valence-electron chi connectivity index (χ4n) is 3.22. The van der Waals surface area contributed by atoms with Crippen LogP contribution in [0, 0.1) is 12.8 Å². The van der Waals surface area contributed by atoms with Gasteiger partial charge in [0.2, 0.25) is 5.91 Å². The fourth-order valence-corrected chi connectivity index (χ4v) is 3.22. The SMILES string of the molecule is CCCCC1NC(c2ccccc2C)N(CC2CC2)C1=O. The van der Waals surface area contributed by atoms with Gasteiger partial charge in [-0.25, -0.2) is 0 Å². The number of benzene rings is 1. The normalized spacial score (nSPS) is 25.6. The van der Waals surface area contributed by atoms with Gasteiger partial charge in [0, 0.05) is 6.54 Å². The third kappa shape index (κ3) is 3.13. The lowest BCUT2D eigenvalue weighted by Gasteiger charge is -2.25. The molecular weight excluding hydrogens is 260 g/mol. The summed E-state index contributed by atoms with van der Waals surface area (Å²) in [6, 6.07) is 8.44. The van der Waals surface area contributed by atoms with Crippen LogP contribution in [0.15, 0.2) is 24.3 Å². The smallest absolute Gasteiger partial charge is 0.241 e. The molecule has 2 unspecified atom stereocenters. The Morgan fingerprint density at radius 1 is 1.29 bits per heavy atom. The molecule has 1 amide bonds. The van der Waals surface area contributed by atoms with Gasteiger partial charge < -0.3 is 4.90 Å². The quantitative estimate of drug-likeness (QED) is 0.869. The van der Waals surface area contributed by atoms with Gasteiger partial charge in [0.25, 0.3) is 0 Å². The summed E-state index contributed by atoms with van der Waals surface area (Å²) in [6.07, 6.45) is 5.85. The van der Waals surface area contributed by atoms with Crippen LogP contribution in [0.3, 0.4) is 0 Å². The van der Waals surface area contributed by atoms with Crippen molar-refractivity contribution >= 4 is 5.91 Å². The third-order valence-corrected chi connectivity index (χ3v) is 4.73. The lowest BCUT2D eigenvalue weighted by Crippen LogP contribution is -2.33. The zero-order valence-electron chi connectivity index (χ0n) is 13.1. The predicted molar refractivity (Wildman–Crippen MR) is 84.8 cm³/mol. The van der Waals surface area contributed by atoms with Gasteiger partial charge in [-0.15, -0.1) is 0 Å². The van der Waals surface area contributed by atoms with Crippen LogP contribution in [0.5, 0.6) is 0 Å². The third-order valence-electron chi connectivity index (χ3n) is 4.73. The van der Waals surface area contributed by atoms with Gasteiger partial charge >= 0.3 is 0 Å². The van der Waals surface area contributed by atoms with Crippen molar-refractivity contribution in [3.8, 4) is 0 Å². The lowest BCUT2D eigenvalue weighted by molar-refractivity contribution is -0.130. The number of carbonyl (C=O) groups is 1. The molecule has 1 aromatic carbocycles. The van der Waals surface area contributed by atoms with Gasteiger partial charge in [0.15, 0.2) is 0 Å². The highest BCUT2D eigenvalue weighted by atomic mass is 16.2. The Bertz CT molecular complexity index is 510. The summed E-state index contributed by atoms with van der Waals surface area (Å²) < 4.78 is 0. The molecule has 21 heavy (non-hydrogen) atoms. The van der Waals surface area contributed by atoms with Crippen molar-refractivity contribution in [2.75, 3.05) is 6.54 Å². The number of hydrogen-bond donors (Lipinski definition) is 1. The highest BCUT2D eigenvalue weighted by molar-refractivity contribution is 5.84. The van der Waals surface area contributed by atoms with Crippen LogP contribution in [0.25, 0.3) is 0 Å². The molecule has 3 rings (SSSR count). The van der Waals surface area contributed by atoms with E-state index in [0.29, 0.717) is 5.91 Å². The Morgan fingerprint density at radius 3 is 2.71 bits per heavy atom. The van der Waals surface area contributed by atoms with Crippen molar-refractivity contribution in [3.05, 3.63) is 35.4 Å². The summed E-state index contributed by atoms with van der Waals surface area (Å²) in [5.41, 5.74) is 2.52. The molecule has 0 spiro atoms. The van der Waals surface area contributed by atoms with Crippen molar-refractivity contribution in [3.63, 3.8) is 0 Å². The molecule has 2 aliphatic rings. The van der Waals surface area contributed by atoms with E-state index in [-0.39, 0.29) is 12.2 Å². The second kappa shape index (κ2) is 6.18. The maximum Gasteiger partial charge on any atom is 0.241 e. The number of rotatable bonds is 6. The van der Waals surface area contributed by atoms with Gasteiger partial charge in [0.05, 0.1) is 6.04 Å². The first kappa shape index (κ1) is 14.6. The monoisotopic (exact) mass is 286 g/mol. The van der Waals surface area contributed by atoms with E-state index in [1.165, 1.54) is 24.0 Å². The summed E-state index contributed by atoms with van der Waals surface area (Å²) in [5.74, 6) is 1.04. The first-order chi connectivity index (χ1) is 10.2. The predicted octanol–water partition coefficient (Wildman–Crippen LogP) is 3.39. The minimum absolute atomic E-state index is 0.00769. The molecule has 2 atom stereocenters. The molecule has 0 radical (unpaired) electrons. The molecule has 1 heterocycles. The first-order valence-corrected chi connectivity index (χ1v) is 8.32. The van der Waals surface area contributed by atoms with E-state index in [4.69, 9.17) is 0 Å². The molecule has 3 nitrogen and oxygen atoms in total. The molecule has 1 N–H and O–H groups in total. The number of nitrogens with zero attached hydrogens (tertiary/aromatic N) is 1. The summed E-state index contributed by atoms with van der Waals surface area (Å²) in [6.45, 7) is 5.24. The van der Waals surface area contributed by atoms with Crippen LogP contribution in [0.4, 0.5) is 0 Å². The number of unbranched alkanes of at least 4 members (excludes halogenated alkanes) is 1. The Kier molecular flexibility index (Phi) is 4.29. The second-order valence-corrected chi connectivity index (χ2v) is 6.55. The van der Waals surface area contributed by atoms with Crippen LogP contribution in [-0.2, 0) is 4.79 Å². The molecule has 1 aliphatic heterocycles. The van der Waals surface area contributed by atoms with Gasteiger partial charge in [0.1, 0.15) is 6.17 Å². The number of amides is 1. The van der Waals surface area contributed by atoms with Gasteiger partial charge in [-0.2, -0.15) is 0 Å². The molecule has 2 fully saturated rings. The Hall–Kier alpha value is -1.35. The van der Waals surface area contributed by atoms with Crippen LogP contribution in [0.2, 0.25) is 0 Å². The Balaban J connectivity index is 1.81. The van der Waals surface area contributed by atoms with E-state index in [1.54, 1.807) is 0 Å². The van der Waals surface area contributed by atoms with Crippen LogP contribution >= 0.6 is 0 Å². The lowest BCUT2D eigenvalue weighted by atomic mass is 10.1. The summed E-state index contributed by atoms with van der Waals surface area (Å²) in [5, 5.41) is 3.59. The largest absolute Gasteiger partial charge is 0.321 e. The minimum Gasteiger partial charge on any atom is -0.321 e. The molecule has 1 saturated heterocycles. The molecule has 1 saturated carbocycles. The number of carbonyl (C=O) groups excluding carboxylic acids is 1. The van der Waals surface area contributed by atoms with Crippen molar-refractivity contribution < 1.29 is 4.79 Å². The maximum atomic E-state index is 12.7. The average molecular weight is 286 g/mol. The average Bonchev–Trinajstić information content (AvgIpc) is 3.25. The van der Waals surface area contributed by atoms with E-state index in [2.05, 4.69) is 48.3 Å². The Morgan fingerprint density at radius 2 is 2.05 bits per heavy atom. The van der Waals surface area contributed by atoms with Crippen LogP contribution in [-0.4, -0.2) is 23.4 Å². The molecule has 1 aromatic rings. The number of aryl methyl sites for hydroxylation is 1. The van der Waals surface area contributed by atoms with Crippen LogP contribution < -0.4 is 5.32 Å². The van der Waals surface area contributed by atoms with Crippen molar-refractivity contribution in [2.24, 2.45) is 5.92 Å². The van der Waals surface area contributed by atoms with E-state index < -0.39 is 0 Å². The first-order valence-electron chi connectivity index (χ1n) is 8.32. The standard InChI is InChI=1S/C18H26N2O/c1-3-4-9-16-18(21)20(12-14-10-11-14)17(19-16)15-8-6-5-7-13(15)2/h5-8,14,16-17,19H,3-4,9-12H2,1-2H3. The molecule has 0 bridgehead atoms. The van der Waals surface area contributed by atoms with Gasteiger partial charge in [-0.1, -0.05) is 44.0 Å². The zero-order chi connectivity index (χ0) is 14.8.